The molecule has 0 rings (SSSR count). The van der Waals surface area contributed by atoms with Crippen LogP contribution in [-0.2, 0) is 32.0 Å². The number of aliphatic carboxylic acids is 2. The molecule has 14 heavy (non-hydrogen) atoms. The number of carboxylic acids is 2. The topological polar surface area (TPSA) is 169 Å². The van der Waals surface area contributed by atoms with Crippen LogP contribution in [0.25, 0.3) is 0 Å². The largest absolute Gasteiger partial charge is 0.481 e. The van der Waals surface area contributed by atoms with Gasteiger partial charge in [-0.25, -0.2) is 0 Å². The Morgan fingerprint density at radius 3 is 1.07 bits per heavy atom. The minimum Gasteiger partial charge on any atom is -0.481 e. The van der Waals surface area contributed by atoms with Gasteiger partial charge in [0.1, 0.15) is 0 Å². The summed E-state index contributed by atoms with van der Waals surface area (Å²) in [5.41, 5.74) is 0. The molecular weight excluding hydrogens is 381 g/mol. The van der Waals surface area contributed by atoms with Crippen molar-refractivity contribution in [3.05, 3.63) is 0 Å². The van der Waals surface area contributed by atoms with Gasteiger partial charge in [0.25, 0.3) is 5.97 Å². The molecule has 0 fully saturated rings. The Hall–Kier alpha value is -0.440. The van der Waals surface area contributed by atoms with Gasteiger partial charge >= 0.3 is 5.97 Å². The van der Waals surface area contributed by atoms with E-state index in [0.717, 1.165) is 6.92 Å². The third-order valence-corrected chi connectivity index (χ3v) is 0.494. The normalized spacial score (nSPS) is 5.71. The van der Waals surface area contributed by atoms with E-state index in [1.807, 2.05) is 0 Å². The van der Waals surface area contributed by atoms with Crippen molar-refractivity contribution in [3.63, 3.8) is 0 Å². The molecular formula is C6H18AuO7. The second kappa shape index (κ2) is 22.9. The first-order chi connectivity index (χ1) is 4.37. The Balaban J connectivity index is -0.0000000185. The zero-order chi connectivity index (χ0) is 8.73. The van der Waals surface area contributed by atoms with E-state index in [1.54, 1.807) is 13.8 Å². The summed E-state index contributed by atoms with van der Waals surface area (Å²) in [6.45, 7) is 4.37. The molecule has 0 aromatic carbocycles. The SMILES string of the molecule is CC(=O)O.CC(C)C(=O)O.O.O.O.[Au]. The average Bonchev–Trinajstić information content (AvgIpc) is 1.63. The van der Waals surface area contributed by atoms with Crippen LogP contribution in [0.3, 0.4) is 0 Å². The Morgan fingerprint density at radius 1 is 1.00 bits per heavy atom. The molecule has 0 bridgehead atoms. The molecule has 0 aromatic heterocycles. The summed E-state index contributed by atoms with van der Waals surface area (Å²) in [6.07, 6.45) is 0. The van der Waals surface area contributed by atoms with Gasteiger partial charge in [0.2, 0.25) is 0 Å². The van der Waals surface area contributed by atoms with Crippen LogP contribution in [0.5, 0.6) is 0 Å². The molecule has 1 radical (unpaired) electrons. The summed E-state index contributed by atoms with van der Waals surface area (Å²) in [7, 11) is 0. The van der Waals surface area contributed by atoms with Gasteiger partial charge in [-0.15, -0.1) is 0 Å². The van der Waals surface area contributed by atoms with Gasteiger partial charge in [-0.05, 0) is 0 Å². The minimum atomic E-state index is -0.833. The van der Waals surface area contributed by atoms with E-state index in [4.69, 9.17) is 15.0 Å². The van der Waals surface area contributed by atoms with Crippen molar-refractivity contribution < 1.29 is 58.6 Å². The van der Waals surface area contributed by atoms with Crippen molar-refractivity contribution in [2.75, 3.05) is 0 Å². The van der Waals surface area contributed by atoms with Gasteiger partial charge in [-0.1, -0.05) is 13.8 Å². The van der Waals surface area contributed by atoms with Crippen molar-refractivity contribution in [2.45, 2.75) is 20.8 Å². The maximum absolute atomic E-state index is 9.70. The molecule has 0 heterocycles. The van der Waals surface area contributed by atoms with Crippen LogP contribution in [0.2, 0.25) is 0 Å². The van der Waals surface area contributed by atoms with E-state index in [1.165, 1.54) is 0 Å². The summed E-state index contributed by atoms with van der Waals surface area (Å²) in [6, 6.07) is 0. The predicted molar refractivity (Wildman–Crippen MR) is 46.6 cm³/mol. The molecule has 0 amide bonds. The van der Waals surface area contributed by atoms with E-state index in [-0.39, 0.29) is 44.7 Å². The quantitative estimate of drug-likeness (QED) is 0.504. The molecule has 8 N–H and O–H groups in total. The molecule has 8 heteroatoms. The van der Waals surface area contributed by atoms with Gasteiger partial charge in [0.05, 0.1) is 5.92 Å². The molecule has 95 valence electrons. The van der Waals surface area contributed by atoms with Crippen molar-refractivity contribution in [1.82, 2.24) is 0 Å². The van der Waals surface area contributed by atoms with Crippen LogP contribution in [0.1, 0.15) is 20.8 Å². The number of carbonyl (C=O) groups is 2. The molecule has 0 spiro atoms. The zero-order valence-electron chi connectivity index (χ0n) is 8.09. The second-order valence-electron chi connectivity index (χ2n) is 2.01. The second-order valence-corrected chi connectivity index (χ2v) is 2.01. The van der Waals surface area contributed by atoms with Crippen LogP contribution in [0.15, 0.2) is 0 Å². The maximum atomic E-state index is 9.70. The van der Waals surface area contributed by atoms with Crippen molar-refractivity contribution in [2.24, 2.45) is 5.92 Å². The molecule has 7 nitrogen and oxygen atoms in total. The summed E-state index contributed by atoms with van der Waals surface area (Å²) in [5, 5.41) is 15.4. The van der Waals surface area contributed by atoms with E-state index in [9.17, 15) is 4.79 Å². The van der Waals surface area contributed by atoms with Gasteiger partial charge < -0.3 is 26.6 Å². The number of carboxylic acid groups (broad SMARTS) is 2. The first-order valence-corrected chi connectivity index (χ1v) is 2.80. The third kappa shape index (κ3) is 102. The molecule has 0 aliphatic carbocycles. The van der Waals surface area contributed by atoms with Crippen molar-refractivity contribution in [3.8, 4) is 0 Å². The third-order valence-electron chi connectivity index (χ3n) is 0.494. The fourth-order valence-electron chi connectivity index (χ4n) is 0. The number of hydrogen-bond acceptors (Lipinski definition) is 2. The van der Waals surface area contributed by atoms with Gasteiger partial charge in [0, 0.05) is 29.3 Å². The summed E-state index contributed by atoms with van der Waals surface area (Å²) in [5.74, 6) is -1.81. The molecule has 0 unspecified atom stereocenters. The average molecular weight is 399 g/mol. The van der Waals surface area contributed by atoms with E-state index in [2.05, 4.69) is 0 Å². The monoisotopic (exact) mass is 399 g/mol. The molecule has 0 aliphatic heterocycles. The van der Waals surface area contributed by atoms with E-state index in [0.29, 0.717) is 0 Å². The van der Waals surface area contributed by atoms with Gasteiger partial charge in [-0.2, -0.15) is 0 Å². The Kier molecular flexibility index (Phi) is 61.2. The molecule has 0 atom stereocenters. The minimum absolute atomic E-state index is 0. The summed E-state index contributed by atoms with van der Waals surface area (Å²) in [4.78, 5) is 18.7. The first kappa shape index (κ1) is 37.4. The Morgan fingerprint density at radius 2 is 1.07 bits per heavy atom. The molecule has 0 aliphatic rings. The van der Waals surface area contributed by atoms with Crippen molar-refractivity contribution >= 4 is 11.9 Å². The number of rotatable bonds is 1. The fraction of sp³-hybridized carbons (Fsp3) is 0.667. The summed E-state index contributed by atoms with van der Waals surface area (Å²) < 4.78 is 0. The zero-order valence-corrected chi connectivity index (χ0v) is 10.3. The maximum Gasteiger partial charge on any atom is 0.305 e. The summed E-state index contributed by atoms with van der Waals surface area (Å²) >= 11 is 0. The predicted octanol–water partition coefficient (Wildman–Crippen LogP) is -1.66. The number of hydrogen-bond donors (Lipinski definition) is 2. The Labute approximate surface area is 97.6 Å². The fourth-order valence-corrected chi connectivity index (χ4v) is 0. The van der Waals surface area contributed by atoms with Crippen LogP contribution >= 0.6 is 0 Å². The smallest absolute Gasteiger partial charge is 0.305 e. The first-order valence-electron chi connectivity index (χ1n) is 2.80. The van der Waals surface area contributed by atoms with Crippen molar-refractivity contribution in [1.29, 1.82) is 0 Å². The molecule has 0 saturated heterocycles. The molecule has 0 saturated carbocycles. The van der Waals surface area contributed by atoms with E-state index < -0.39 is 11.9 Å². The Bertz CT molecular complexity index is 121. The molecule has 0 aromatic rings. The van der Waals surface area contributed by atoms with Gasteiger partial charge in [-0.3, -0.25) is 9.59 Å². The van der Waals surface area contributed by atoms with E-state index >= 15 is 0 Å². The standard InChI is InChI=1S/C4H8O2.C2H4O2.Au.3H2O/c1-3(2)4(5)6;1-2(3)4;;;;/h3H,1-2H3,(H,5,6);1H3,(H,3,4);;3*1H2. The van der Waals surface area contributed by atoms with Crippen LogP contribution in [0, 0.1) is 5.92 Å². The van der Waals surface area contributed by atoms with Crippen LogP contribution < -0.4 is 0 Å². The van der Waals surface area contributed by atoms with Crippen LogP contribution in [-0.4, -0.2) is 38.6 Å². The van der Waals surface area contributed by atoms with Gasteiger partial charge in [0.15, 0.2) is 0 Å². The van der Waals surface area contributed by atoms with Crippen LogP contribution in [0.4, 0.5) is 0 Å².